The zero-order valence-corrected chi connectivity index (χ0v) is 20.8. The van der Waals surface area contributed by atoms with E-state index in [1.165, 1.54) is 4.90 Å². The fraction of sp³-hybridized carbons (Fsp3) is 0.231. The first-order chi connectivity index (χ1) is 16.7. The second-order valence-corrected chi connectivity index (χ2v) is 10.1. The number of alkyl halides is 1. The van der Waals surface area contributed by atoms with Crippen molar-refractivity contribution in [1.82, 2.24) is 14.7 Å². The van der Waals surface area contributed by atoms with Crippen LogP contribution >= 0.6 is 27.7 Å². The summed E-state index contributed by atoms with van der Waals surface area (Å²) >= 11 is 5.42. The van der Waals surface area contributed by atoms with Gasteiger partial charge in [-0.1, -0.05) is 63.1 Å². The maximum atomic E-state index is 13.2. The Kier molecular flexibility index (Phi) is 5.50. The lowest BCUT2D eigenvalue weighted by Crippen LogP contribution is -2.41. The van der Waals surface area contributed by atoms with Crippen LogP contribution in [0.15, 0.2) is 71.9 Å². The fourth-order valence-electron chi connectivity index (χ4n) is 4.82. The van der Waals surface area contributed by atoms with Gasteiger partial charge in [-0.2, -0.15) is 4.57 Å². The zero-order chi connectivity index (χ0) is 23.2. The molecule has 0 unspecified atom stereocenters. The van der Waals surface area contributed by atoms with Crippen molar-refractivity contribution in [2.24, 2.45) is 0 Å². The Balaban J connectivity index is 1.27. The number of rotatable bonds is 6. The van der Waals surface area contributed by atoms with Crippen molar-refractivity contribution in [3.8, 4) is 5.69 Å². The third kappa shape index (κ3) is 3.39. The molecule has 1 atom stereocenters. The van der Waals surface area contributed by atoms with E-state index in [-0.39, 0.29) is 11.8 Å². The Morgan fingerprint density at radius 2 is 1.68 bits per heavy atom. The maximum absolute atomic E-state index is 13.2. The highest BCUT2D eigenvalue weighted by Crippen LogP contribution is 2.33. The van der Waals surface area contributed by atoms with Crippen molar-refractivity contribution < 1.29 is 14.2 Å². The van der Waals surface area contributed by atoms with E-state index in [9.17, 15) is 9.59 Å². The lowest BCUT2D eigenvalue weighted by atomic mass is 9.94. The topological polar surface area (TPSA) is 59.1 Å². The molecular formula is C26H22BrN4O2S+. The quantitative estimate of drug-likeness (QED) is 0.207. The minimum Gasteiger partial charge on any atom is -0.274 e. The molecule has 0 radical (unpaired) electrons. The predicted octanol–water partition coefficient (Wildman–Crippen LogP) is 4.58. The number of para-hydroxylation sites is 1. The van der Waals surface area contributed by atoms with Gasteiger partial charge in [-0.05, 0) is 47.8 Å². The van der Waals surface area contributed by atoms with Gasteiger partial charge in [0.1, 0.15) is 11.7 Å². The lowest BCUT2D eigenvalue weighted by Gasteiger charge is -2.27. The van der Waals surface area contributed by atoms with Crippen LogP contribution in [0, 0.1) is 0 Å². The molecule has 1 aromatic heterocycles. The molecule has 8 heteroatoms. The highest BCUT2D eigenvalue weighted by Gasteiger charge is 2.38. The maximum Gasteiger partial charge on any atom is 0.301 e. The molecule has 3 aromatic carbocycles. The van der Waals surface area contributed by atoms with Crippen molar-refractivity contribution in [2.75, 3.05) is 17.6 Å². The van der Waals surface area contributed by atoms with Gasteiger partial charge in [-0.15, -0.1) is 0 Å². The third-order valence-electron chi connectivity index (χ3n) is 6.45. The molecule has 6 nitrogen and oxygen atoms in total. The van der Waals surface area contributed by atoms with Crippen LogP contribution in [0.2, 0.25) is 0 Å². The van der Waals surface area contributed by atoms with Gasteiger partial charge in [-0.3, -0.25) is 14.5 Å². The number of amides is 2. The second-order valence-electron chi connectivity index (χ2n) is 8.51. The smallest absolute Gasteiger partial charge is 0.274 e. The van der Waals surface area contributed by atoms with Crippen molar-refractivity contribution in [3.05, 3.63) is 83.7 Å². The zero-order valence-electron chi connectivity index (χ0n) is 18.4. The van der Waals surface area contributed by atoms with Crippen molar-refractivity contribution in [2.45, 2.75) is 24.0 Å². The van der Waals surface area contributed by atoms with E-state index in [1.54, 1.807) is 0 Å². The summed E-state index contributed by atoms with van der Waals surface area (Å²) in [5, 5.41) is 8.61. The van der Waals surface area contributed by atoms with Crippen molar-refractivity contribution >= 4 is 50.3 Å². The van der Waals surface area contributed by atoms with E-state index in [1.807, 2.05) is 66.4 Å². The first kappa shape index (κ1) is 21.6. The van der Waals surface area contributed by atoms with Crippen LogP contribution in [0.25, 0.3) is 16.5 Å². The van der Waals surface area contributed by atoms with Crippen LogP contribution in [0.1, 0.15) is 39.0 Å². The largest absolute Gasteiger partial charge is 0.301 e. The summed E-state index contributed by atoms with van der Waals surface area (Å²) in [7, 11) is 0. The first-order valence-electron chi connectivity index (χ1n) is 11.3. The number of aryl methyl sites for hydroxylation is 1. The highest BCUT2D eigenvalue weighted by atomic mass is 79.9. The first-order valence-corrected chi connectivity index (χ1v) is 13.4. The van der Waals surface area contributed by atoms with Gasteiger partial charge in [0.25, 0.3) is 17.6 Å². The standard InChI is InChI=1S/C26H22BrN4O2S/c27-15-19-16-34-26-30(18-9-2-1-3-10-18)22(28-31(19)26)13-6-14-29-24(32)20-11-4-7-17-8-5-12-21(23(17)20)25(29)33/h1-5,7-12,19H,6,13-16H2/q+1/t19-/m1/s1. The number of thioether (sulfide) groups is 1. The third-order valence-corrected chi connectivity index (χ3v) is 8.38. The van der Waals surface area contributed by atoms with E-state index in [0.29, 0.717) is 36.6 Å². The van der Waals surface area contributed by atoms with Crippen molar-refractivity contribution in [3.63, 3.8) is 0 Å². The number of carbonyl (C=O) groups excluding carboxylic acids is 2. The number of imide groups is 1. The van der Waals surface area contributed by atoms with E-state index < -0.39 is 0 Å². The number of benzene rings is 3. The van der Waals surface area contributed by atoms with Crippen molar-refractivity contribution in [1.29, 1.82) is 0 Å². The second kappa shape index (κ2) is 8.67. The molecule has 6 rings (SSSR count). The van der Waals surface area contributed by atoms with Gasteiger partial charge in [0.05, 0.1) is 0 Å². The predicted molar refractivity (Wildman–Crippen MR) is 135 cm³/mol. The van der Waals surface area contributed by atoms with Crippen LogP contribution in [0.4, 0.5) is 0 Å². The summed E-state index contributed by atoms with van der Waals surface area (Å²) in [5.41, 5.74) is 2.28. The number of halogens is 1. The molecular weight excluding hydrogens is 512 g/mol. The molecule has 3 heterocycles. The number of nitrogens with zero attached hydrogens (tertiary/aromatic N) is 4. The van der Waals surface area contributed by atoms with E-state index in [0.717, 1.165) is 38.5 Å². The molecule has 0 spiro atoms. The molecule has 170 valence electrons. The number of hydrogen-bond donors (Lipinski definition) is 0. The number of aromatic nitrogens is 3. The van der Waals surface area contributed by atoms with Crippen LogP contribution in [-0.4, -0.2) is 44.1 Å². The average molecular weight is 534 g/mol. The number of carbonyl (C=O) groups is 2. The summed E-state index contributed by atoms with van der Waals surface area (Å²) in [6.07, 6.45) is 1.30. The van der Waals surface area contributed by atoms with Crippen LogP contribution in [-0.2, 0) is 6.42 Å². The summed E-state index contributed by atoms with van der Waals surface area (Å²) in [5.74, 6) is 1.50. The molecule has 4 aromatic rings. The van der Waals surface area contributed by atoms with E-state index in [4.69, 9.17) is 5.10 Å². The summed E-state index contributed by atoms with van der Waals surface area (Å²) < 4.78 is 4.32. The Hall–Kier alpha value is -2.97. The Labute approximate surface area is 209 Å². The molecule has 2 aliphatic rings. The summed E-state index contributed by atoms with van der Waals surface area (Å²) in [4.78, 5) is 27.8. The van der Waals surface area contributed by atoms with E-state index >= 15 is 0 Å². The SMILES string of the molecule is O=C1c2cccc3cccc(c23)C(=O)N1CCCc1nn2c([n+]1-c1ccccc1)SC[C@H]2CBr. The Bertz CT molecular complexity index is 1390. The molecule has 0 bridgehead atoms. The Morgan fingerprint density at radius 3 is 2.35 bits per heavy atom. The molecule has 2 aliphatic heterocycles. The van der Waals surface area contributed by atoms with Crippen LogP contribution < -0.4 is 4.57 Å². The van der Waals surface area contributed by atoms with Crippen LogP contribution in [0.3, 0.4) is 0 Å². The molecule has 0 aliphatic carbocycles. The van der Waals surface area contributed by atoms with Gasteiger partial charge < -0.3 is 0 Å². The van der Waals surface area contributed by atoms with Gasteiger partial charge in [0.15, 0.2) is 0 Å². The minimum absolute atomic E-state index is 0.215. The summed E-state index contributed by atoms with van der Waals surface area (Å²) in [6, 6.07) is 21.8. The van der Waals surface area contributed by atoms with Crippen LogP contribution in [0.5, 0.6) is 0 Å². The highest BCUT2D eigenvalue weighted by molar-refractivity contribution is 9.09. The fourth-order valence-corrected chi connectivity index (χ4v) is 6.89. The molecule has 0 N–H and O–H groups in total. The monoisotopic (exact) mass is 533 g/mol. The van der Waals surface area contributed by atoms with Gasteiger partial charge >= 0.3 is 5.16 Å². The molecule has 0 fully saturated rings. The number of fused-ring (bicyclic) bond motifs is 1. The summed E-state index contributed by atoms with van der Waals surface area (Å²) in [6.45, 7) is 0.356. The minimum atomic E-state index is -0.215. The molecule has 0 saturated heterocycles. The Morgan fingerprint density at radius 1 is 0.971 bits per heavy atom. The molecule has 34 heavy (non-hydrogen) atoms. The average Bonchev–Trinajstić information content (AvgIpc) is 3.43. The van der Waals surface area contributed by atoms with Gasteiger partial charge in [0, 0.05) is 45.7 Å². The van der Waals surface area contributed by atoms with E-state index in [2.05, 4.69) is 37.3 Å². The normalized spacial score (nSPS) is 17.0. The van der Waals surface area contributed by atoms with Gasteiger partial charge in [0.2, 0.25) is 0 Å². The van der Waals surface area contributed by atoms with Gasteiger partial charge in [-0.25, -0.2) is 0 Å². The number of hydrogen-bond acceptors (Lipinski definition) is 4. The lowest BCUT2D eigenvalue weighted by molar-refractivity contribution is -0.645. The molecule has 0 saturated carbocycles. The molecule has 2 amide bonds.